The third kappa shape index (κ3) is 5.01. The van der Waals surface area contributed by atoms with Crippen LogP contribution < -0.4 is 5.32 Å². The Kier molecular flexibility index (Phi) is 6.62. The second-order valence-corrected chi connectivity index (χ2v) is 5.81. The van der Waals surface area contributed by atoms with Gasteiger partial charge in [-0.05, 0) is 36.6 Å². The summed E-state index contributed by atoms with van der Waals surface area (Å²) in [5.41, 5.74) is 0.0185. The Hall–Kier alpha value is -1.62. The highest BCUT2D eigenvalue weighted by Gasteiger charge is 2.34. The van der Waals surface area contributed by atoms with E-state index < -0.39 is 11.4 Å². The molecule has 0 unspecified atom stereocenters. The Bertz CT molecular complexity index is 519. The summed E-state index contributed by atoms with van der Waals surface area (Å²) in [7, 11) is 0. The minimum atomic E-state index is -0.888. The predicted octanol–water partition coefficient (Wildman–Crippen LogP) is 3.47. The summed E-state index contributed by atoms with van der Waals surface area (Å²) < 4.78 is 0.973. The van der Waals surface area contributed by atoms with Crippen LogP contribution in [0.2, 0.25) is 0 Å². The van der Waals surface area contributed by atoms with E-state index in [0.717, 1.165) is 10.0 Å². The van der Waals surface area contributed by atoms with Gasteiger partial charge >= 0.3 is 5.97 Å². The Balaban J connectivity index is 2.61. The monoisotopic (exact) mass is 353 g/mol. The van der Waals surface area contributed by atoms with Gasteiger partial charge in [-0.25, -0.2) is 0 Å². The molecule has 0 aliphatic rings. The van der Waals surface area contributed by atoms with Crippen molar-refractivity contribution in [3.63, 3.8) is 0 Å². The average Bonchev–Trinajstić information content (AvgIpc) is 2.48. The third-order valence-electron chi connectivity index (χ3n) is 3.71. The summed E-state index contributed by atoms with van der Waals surface area (Å²) in [5, 5.41) is 12.0. The summed E-state index contributed by atoms with van der Waals surface area (Å²) in [6.45, 7) is 3.78. The lowest BCUT2D eigenvalue weighted by molar-refractivity contribution is -0.149. The lowest BCUT2D eigenvalue weighted by atomic mass is 9.82. The van der Waals surface area contributed by atoms with Crippen molar-refractivity contribution in [1.82, 2.24) is 5.32 Å². The van der Waals surface area contributed by atoms with E-state index >= 15 is 0 Å². The average molecular weight is 354 g/mol. The molecule has 0 bridgehead atoms. The van der Waals surface area contributed by atoms with Gasteiger partial charge in [-0.1, -0.05) is 41.9 Å². The van der Waals surface area contributed by atoms with Gasteiger partial charge in [-0.3, -0.25) is 9.59 Å². The number of carboxylic acids is 1. The van der Waals surface area contributed by atoms with Crippen LogP contribution in [-0.4, -0.2) is 23.5 Å². The molecular formula is C16H20BrNO3. The fourth-order valence-corrected chi connectivity index (χ4v) is 2.20. The molecule has 0 fully saturated rings. The van der Waals surface area contributed by atoms with Crippen LogP contribution in [0.25, 0.3) is 6.08 Å². The standard InChI is InChI=1S/C16H20BrNO3/c1-3-16(4-2,15(20)21)11-18-14(19)10-7-12-5-8-13(17)9-6-12/h5-10H,3-4,11H2,1-2H3,(H,18,19)(H,20,21)/b10-7+. The highest BCUT2D eigenvalue weighted by Crippen LogP contribution is 2.25. The van der Waals surface area contributed by atoms with Crippen molar-refractivity contribution < 1.29 is 14.7 Å². The largest absolute Gasteiger partial charge is 0.481 e. The maximum absolute atomic E-state index is 11.8. The van der Waals surface area contributed by atoms with Gasteiger partial charge in [0.15, 0.2) is 0 Å². The van der Waals surface area contributed by atoms with Gasteiger partial charge in [0.1, 0.15) is 0 Å². The molecule has 114 valence electrons. The molecule has 0 aliphatic heterocycles. The highest BCUT2D eigenvalue weighted by molar-refractivity contribution is 9.10. The number of halogens is 1. The molecule has 1 rings (SSSR count). The minimum absolute atomic E-state index is 0.138. The van der Waals surface area contributed by atoms with Crippen LogP contribution in [0.5, 0.6) is 0 Å². The molecule has 1 aromatic rings. The quantitative estimate of drug-likeness (QED) is 0.737. The molecule has 4 nitrogen and oxygen atoms in total. The molecule has 0 spiro atoms. The van der Waals surface area contributed by atoms with Crippen molar-refractivity contribution in [2.45, 2.75) is 26.7 Å². The number of benzene rings is 1. The van der Waals surface area contributed by atoms with E-state index in [2.05, 4.69) is 21.2 Å². The van der Waals surface area contributed by atoms with Gasteiger partial charge in [0, 0.05) is 17.1 Å². The highest BCUT2D eigenvalue weighted by atomic mass is 79.9. The van der Waals surface area contributed by atoms with E-state index in [4.69, 9.17) is 0 Å². The molecule has 0 radical (unpaired) electrons. The van der Waals surface area contributed by atoms with Crippen LogP contribution >= 0.6 is 15.9 Å². The first-order valence-electron chi connectivity index (χ1n) is 6.88. The Morgan fingerprint density at radius 1 is 1.24 bits per heavy atom. The Morgan fingerprint density at radius 2 is 1.81 bits per heavy atom. The van der Waals surface area contributed by atoms with Crippen molar-refractivity contribution in [1.29, 1.82) is 0 Å². The number of aliphatic carboxylic acids is 1. The summed E-state index contributed by atoms with van der Waals surface area (Å²) in [5.74, 6) is -1.16. The zero-order chi connectivity index (χ0) is 15.9. The lowest BCUT2D eigenvalue weighted by Crippen LogP contribution is -2.41. The number of carbonyl (C=O) groups is 2. The normalized spacial score (nSPS) is 11.6. The van der Waals surface area contributed by atoms with Crippen LogP contribution in [-0.2, 0) is 9.59 Å². The minimum Gasteiger partial charge on any atom is -0.481 e. The summed E-state index contributed by atoms with van der Waals surface area (Å²) in [6, 6.07) is 7.55. The zero-order valence-corrected chi connectivity index (χ0v) is 13.8. The van der Waals surface area contributed by atoms with Crippen LogP contribution in [0.15, 0.2) is 34.8 Å². The fourth-order valence-electron chi connectivity index (χ4n) is 1.94. The molecular weight excluding hydrogens is 334 g/mol. The second-order valence-electron chi connectivity index (χ2n) is 4.90. The maximum atomic E-state index is 11.8. The number of hydrogen-bond acceptors (Lipinski definition) is 2. The summed E-state index contributed by atoms with van der Waals surface area (Å²) in [6.07, 6.45) is 4.08. The van der Waals surface area contributed by atoms with Crippen LogP contribution in [0.1, 0.15) is 32.3 Å². The number of rotatable bonds is 7. The van der Waals surface area contributed by atoms with E-state index in [0.29, 0.717) is 12.8 Å². The van der Waals surface area contributed by atoms with Gasteiger partial charge in [-0.15, -0.1) is 0 Å². The SMILES string of the molecule is CCC(CC)(CNC(=O)/C=C/c1ccc(Br)cc1)C(=O)O. The van der Waals surface area contributed by atoms with E-state index in [-0.39, 0.29) is 12.5 Å². The number of nitrogens with one attached hydrogen (secondary N) is 1. The maximum Gasteiger partial charge on any atom is 0.311 e. The smallest absolute Gasteiger partial charge is 0.311 e. The lowest BCUT2D eigenvalue weighted by Gasteiger charge is -2.26. The molecule has 0 heterocycles. The number of carboxylic acid groups (broad SMARTS) is 1. The number of carbonyl (C=O) groups excluding carboxylic acids is 1. The van der Waals surface area contributed by atoms with Gasteiger partial charge in [-0.2, -0.15) is 0 Å². The fraction of sp³-hybridized carbons (Fsp3) is 0.375. The van der Waals surface area contributed by atoms with Crippen molar-refractivity contribution in [2.24, 2.45) is 5.41 Å². The summed E-state index contributed by atoms with van der Waals surface area (Å²) >= 11 is 3.34. The first-order chi connectivity index (χ1) is 9.93. The van der Waals surface area contributed by atoms with Crippen molar-refractivity contribution in [2.75, 3.05) is 6.54 Å². The molecule has 21 heavy (non-hydrogen) atoms. The van der Waals surface area contributed by atoms with Crippen LogP contribution in [0, 0.1) is 5.41 Å². The van der Waals surface area contributed by atoms with Crippen molar-refractivity contribution in [3.05, 3.63) is 40.4 Å². The first-order valence-corrected chi connectivity index (χ1v) is 7.67. The van der Waals surface area contributed by atoms with Crippen molar-refractivity contribution >= 4 is 33.9 Å². The molecule has 2 N–H and O–H groups in total. The molecule has 1 amide bonds. The third-order valence-corrected chi connectivity index (χ3v) is 4.23. The van der Waals surface area contributed by atoms with E-state index in [1.54, 1.807) is 6.08 Å². The predicted molar refractivity (Wildman–Crippen MR) is 86.8 cm³/mol. The second kappa shape index (κ2) is 7.98. The zero-order valence-electron chi connectivity index (χ0n) is 12.2. The molecule has 1 aromatic carbocycles. The summed E-state index contributed by atoms with van der Waals surface area (Å²) in [4.78, 5) is 23.1. The van der Waals surface area contributed by atoms with Crippen LogP contribution in [0.3, 0.4) is 0 Å². The number of hydrogen-bond donors (Lipinski definition) is 2. The molecule has 0 saturated heterocycles. The molecule has 0 saturated carbocycles. The van der Waals surface area contributed by atoms with Gasteiger partial charge in [0.05, 0.1) is 5.41 Å². The van der Waals surface area contributed by atoms with Gasteiger partial charge in [0.2, 0.25) is 5.91 Å². The topological polar surface area (TPSA) is 66.4 Å². The van der Waals surface area contributed by atoms with Gasteiger partial charge in [0.25, 0.3) is 0 Å². The Morgan fingerprint density at radius 3 is 2.29 bits per heavy atom. The molecule has 5 heteroatoms. The van der Waals surface area contributed by atoms with E-state index in [1.165, 1.54) is 6.08 Å². The van der Waals surface area contributed by atoms with Gasteiger partial charge < -0.3 is 10.4 Å². The Labute approximate surface area is 133 Å². The van der Waals surface area contributed by atoms with E-state index in [9.17, 15) is 14.7 Å². The number of amides is 1. The molecule has 0 atom stereocenters. The van der Waals surface area contributed by atoms with Crippen molar-refractivity contribution in [3.8, 4) is 0 Å². The first kappa shape index (κ1) is 17.4. The molecule has 0 aliphatic carbocycles. The van der Waals surface area contributed by atoms with Crippen LogP contribution in [0.4, 0.5) is 0 Å². The molecule has 0 aromatic heterocycles. The van der Waals surface area contributed by atoms with E-state index in [1.807, 2.05) is 38.1 Å².